The van der Waals surface area contributed by atoms with Crippen molar-refractivity contribution in [2.45, 2.75) is 38.2 Å². The quantitative estimate of drug-likeness (QED) is 0.826. The van der Waals surface area contributed by atoms with Gasteiger partial charge in [-0.1, -0.05) is 0 Å². The molecule has 9 heteroatoms. The Morgan fingerprint density at radius 2 is 2.10 bits per heavy atom. The number of halogens is 3. The van der Waals surface area contributed by atoms with Gasteiger partial charge in [0, 0.05) is 6.54 Å². The van der Waals surface area contributed by atoms with Gasteiger partial charge in [0.15, 0.2) is 5.82 Å². The number of fused-ring (bicyclic) bond motifs is 1. The molecule has 1 aliphatic heterocycles. The molecule has 2 N–H and O–H groups in total. The number of amides is 1. The Balaban J connectivity index is 2.46. The van der Waals surface area contributed by atoms with Gasteiger partial charge >= 0.3 is 12.3 Å². The van der Waals surface area contributed by atoms with Gasteiger partial charge < -0.3 is 19.7 Å². The fourth-order valence-corrected chi connectivity index (χ4v) is 2.30. The first-order valence-corrected chi connectivity index (χ1v) is 5.89. The predicted molar refractivity (Wildman–Crippen MR) is 61.0 cm³/mol. The first-order valence-electron chi connectivity index (χ1n) is 5.89. The average molecular weight is 293 g/mol. The summed E-state index contributed by atoms with van der Waals surface area (Å²) in [5, 5.41) is 18.7. The summed E-state index contributed by atoms with van der Waals surface area (Å²) < 4.78 is 39.9. The summed E-state index contributed by atoms with van der Waals surface area (Å²) in [6.45, 7) is 2.20. The Morgan fingerprint density at radius 3 is 2.60 bits per heavy atom. The third-order valence-electron chi connectivity index (χ3n) is 3.41. The van der Waals surface area contributed by atoms with Gasteiger partial charge in [-0.05, 0) is 13.8 Å². The standard InChI is InChI=1S/C11H14F3N3O3/c1-6-4-16(9(18)19)5-7-3-15-8(17(6)7)10(2,20)11(12,13)14/h3,6,20H,4-5H2,1-2H3,(H,18,19). The van der Waals surface area contributed by atoms with E-state index in [-0.39, 0.29) is 13.1 Å². The van der Waals surface area contributed by atoms with Crippen LogP contribution in [0.3, 0.4) is 0 Å². The van der Waals surface area contributed by atoms with Crippen molar-refractivity contribution in [1.29, 1.82) is 0 Å². The van der Waals surface area contributed by atoms with Crippen LogP contribution in [0, 0.1) is 0 Å². The number of aliphatic hydroxyl groups is 1. The summed E-state index contributed by atoms with van der Waals surface area (Å²) in [7, 11) is 0. The van der Waals surface area contributed by atoms with Crippen LogP contribution in [0.4, 0.5) is 18.0 Å². The van der Waals surface area contributed by atoms with Gasteiger partial charge in [-0.15, -0.1) is 0 Å². The molecule has 20 heavy (non-hydrogen) atoms. The molecule has 2 rings (SSSR count). The van der Waals surface area contributed by atoms with Crippen molar-refractivity contribution < 1.29 is 28.2 Å². The van der Waals surface area contributed by atoms with Gasteiger partial charge in [-0.2, -0.15) is 13.2 Å². The summed E-state index contributed by atoms with van der Waals surface area (Å²) in [6.07, 6.45) is -4.84. The van der Waals surface area contributed by atoms with Crippen LogP contribution < -0.4 is 0 Å². The van der Waals surface area contributed by atoms with Crippen LogP contribution in [0.15, 0.2) is 6.20 Å². The molecule has 0 aromatic carbocycles. The smallest absolute Gasteiger partial charge is 0.424 e. The van der Waals surface area contributed by atoms with Crippen LogP contribution in [-0.4, -0.2) is 43.5 Å². The highest BCUT2D eigenvalue weighted by Crippen LogP contribution is 2.39. The van der Waals surface area contributed by atoms with Gasteiger partial charge in [0.05, 0.1) is 24.5 Å². The zero-order valence-electron chi connectivity index (χ0n) is 10.8. The van der Waals surface area contributed by atoms with E-state index in [4.69, 9.17) is 5.11 Å². The van der Waals surface area contributed by atoms with Crippen molar-refractivity contribution in [2.24, 2.45) is 0 Å². The molecular weight excluding hydrogens is 279 g/mol. The fourth-order valence-electron chi connectivity index (χ4n) is 2.30. The van der Waals surface area contributed by atoms with Gasteiger partial charge in [-0.25, -0.2) is 9.78 Å². The summed E-state index contributed by atoms with van der Waals surface area (Å²) in [4.78, 5) is 15.7. The fraction of sp³-hybridized carbons (Fsp3) is 0.636. The monoisotopic (exact) mass is 293 g/mol. The number of imidazole rings is 1. The molecular formula is C11H14F3N3O3. The highest BCUT2D eigenvalue weighted by molar-refractivity contribution is 5.65. The van der Waals surface area contributed by atoms with Crippen LogP contribution in [0.1, 0.15) is 31.4 Å². The maximum Gasteiger partial charge on any atom is 0.424 e. The Morgan fingerprint density at radius 1 is 1.50 bits per heavy atom. The first-order chi connectivity index (χ1) is 9.05. The van der Waals surface area contributed by atoms with E-state index in [0.717, 1.165) is 4.90 Å². The summed E-state index contributed by atoms with van der Waals surface area (Å²) in [6, 6.07) is -0.541. The molecule has 2 heterocycles. The highest BCUT2D eigenvalue weighted by atomic mass is 19.4. The molecule has 2 unspecified atom stereocenters. The van der Waals surface area contributed by atoms with Crippen molar-refractivity contribution in [3.8, 4) is 0 Å². The van der Waals surface area contributed by atoms with E-state index in [0.29, 0.717) is 12.6 Å². The van der Waals surface area contributed by atoms with Crippen LogP contribution in [0.2, 0.25) is 0 Å². The number of alkyl halides is 3. The number of carboxylic acid groups (broad SMARTS) is 1. The van der Waals surface area contributed by atoms with Crippen LogP contribution in [-0.2, 0) is 12.1 Å². The van der Waals surface area contributed by atoms with Crippen molar-refractivity contribution in [1.82, 2.24) is 14.5 Å². The van der Waals surface area contributed by atoms with E-state index in [9.17, 15) is 23.1 Å². The molecule has 1 aliphatic rings. The van der Waals surface area contributed by atoms with Crippen molar-refractivity contribution >= 4 is 6.09 Å². The van der Waals surface area contributed by atoms with E-state index >= 15 is 0 Å². The largest absolute Gasteiger partial charge is 0.465 e. The molecule has 0 aliphatic carbocycles. The molecule has 1 aromatic rings. The van der Waals surface area contributed by atoms with E-state index in [2.05, 4.69) is 4.98 Å². The van der Waals surface area contributed by atoms with E-state index in [1.807, 2.05) is 0 Å². The minimum absolute atomic E-state index is 0.0413. The van der Waals surface area contributed by atoms with Gasteiger partial charge in [-0.3, -0.25) is 0 Å². The average Bonchev–Trinajstić information content (AvgIpc) is 2.71. The lowest BCUT2D eigenvalue weighted by atomic mass is 10.0. The van der Waals surface area contributed by atoms with E-state index in [1.54, 1.807) is 6.92 Å². The SMILES string of the molecule is CC1CN(C(=O)O)Cc2cnc(C(C)(O)C(F)(F)F)n21. The molecule has 2 atom stereocenters. The molecule has 0 bridgehead atoms. The Labute approximate surface area is 112 Å². The van der Waals surface area contributed by atoms with E-state index in [1.165, 1.54) is 10.8 Å². The van der Waals surface area contributed by atoms with E-state index < -0.39 is 29.7 Å². The predicted octanol–water partition coefficient (Wildman–Crippen LogP) is 1.71. The van der Waals surface area contributed by atoms with Crippen molar-refractivity contribution in [3.63, 3.8) is 0 Å². The number of rotatable bonds is 1. The Kier molecular flexibility index (Phi) is 3.20. The molecule has 0 saturated heterocycles. The van der Waals surface area contributed by atoms with Crippen LogP contribution >= 0.6 is 0 Å². The molecule has 6 nitrogen and oxygen atoms in total. The minimum Gasteiger partial charge on any atom is -0.465 e. The number of aromatic nitrogens is 2. The third-order valence-corrected chi connectivity index (χ3v) is 3.41. The second-order valence-corrected chi connectivity index (χ2v) is 5.03. The zero-order chi connectivity index (χ0) is 15.3. The third kappa shape index (κ3) is 2.11. The molecule has 1 aromatic heterocycles. The highest BCUT2D eigenvalue weighted by Gasteiger charge is 2.54. The molecule has 0 radical (unpaired) electrons. The second kappa shape index (κ2) is 4.37. The molecule has 0 saturated carbocycles. The van der Waals surface area contributed by atoms with Crippen molar-refractivity contribution in [2.75, 3.05) is 6.54 Å². The molecule has 1 amide bonds. The summed E-state index contributed by atoms with van der Waals surface area (Å²) in [5.41, 5.74) is -2.75. The zero-order valence-corrected chi connectivity index (χ0v) is 10.8. The lowest BCUT2D eigenvalue weighted by molar-refractivity contribution is -0.263. The Hall–Kier alpha value is -1.77. The number of nitrogens with zero attached hydrogens (tertiary/aromatic N) is 3. The van der Waals surface area contributed by atoms with Crippen LogP contribution in [0.25, 0.3) is 0 Å². The maximum absolute atomic E-state index is 12.9. The lowest BCUT2D eigenvalue weighted by Crippen LogP contribution is -2.45. The number of hydrogen-bond donors (Lipinski definition) is 2. The van der Waals surface area contributed by atoms with Crippen molar-refractivity contribution in [3.05, 3.63) is 17.7 Å². The topological polar surface area (TPSA) is 78.6 Å². The number of carbonyl (C=O) groups is 1. The van der Waals surface area contributed by atoms with Gasteiger partial charge in [0.2, 0.25) is 5.60 Å². The van der Waals surface area contributed by atoms with Crippen LogP contribution in [0.5, 0.6) is 0 Å². The second-order valence-electron chi connectivity index (χ2n) is 5.03. The molecule has 0 fully saturated rings. The lowest BCUT2D eigenvalue weighted by Gasteiger charge is -2.34. The Bertz CT molecular complexity index is 539. The maximum atomic E-state index is 12.9. The minimum atomic E-state index is -4.86. The normalized spacial score (nSPS) is 22.3. The summed E-state index contributed by atoms with van der Waals surface area (Å²) >= 11 is 0. The van der Waals surface area contributed by atoms with Gasteiger partial charge in [0.25, 0.3) is 0 Å². The molecule has 112 valence electrons. The first kappa shape index (κ1) is 14.6. The summed E-state index contributed by atoms with van der Waals surface area (Å²) in [5.74, 6) is -0.516. The molecule has 0 spiro atoms. The van der Waals surface area contributed by atoms with Gasteiger partial charge in [0.1, 0.15) is 0 Å². The number of hydrogen-bond acceptors (Lipinski definition) is 3.